The highest BCUT2D eigenvalue weighted by Crippen LogP contribution is 1.98. The molecular weight excluding hydrogens is 150 g/mol. The fourth-order valence-corrected chi connectivity index (χ4v) is 0.421. The molecule has 0 spiro atoms. The Balaban J connectivity index is 3.82. The second kappa shape index (κ2) is 3.65. The van der Waals surface area contributed by atoms with Crippen LogP contribution in [0.5, 0.6) is 0 Å². The Bertz CT molecular complexity index is 130. The van der Waals surface area contributed by atoms with Gasteiger partial charge < -0.3 is 4.52 Å². The molecule has 0 rings (SSSR count). The molecule has 8 heavy (non-hydrogen) atoms. The summed E-state index contributed by atoms with van der Waals surface area (Å²) in [4.78, 5) is 19.9. The summed E-state index contributed by atoms with van der Waals surface area (Å²) in [5, 5.41) is 0. The molecule has 0 radical (unpaired) electrons. The van der Waals surface area contributed by atoms with Crippen molar-refractivity contribution >= 4 is 29.4 Å². The van der Waals surface area contributed by atoms with Crippen molar-refractivity contribution in [1.29, 1.82) is 0 Å². The lowest BCUT2D eigenvalue weighted by atomic mass is 10.8. The lowest BCUT2D eigenvalue weighted by Crippen LogP contribution is -2.04. The van der Waals surface area contributed by atoms with E-state index in [2.05, 4.69) is 4.52 Å². The van der Waals surface area contributed by atoms with Crippen molar-refractivity contribution in [1.82, 2.24) is 0 Å². The highest BCUT2D eigenvalue weighted by molar-refractivity contribution is 7.50. The smallest absolute Gasteiger partial charge is 0.389 e. The summed E-state index contributed by atoms with van der Waals surface area (Å²) in [7, 11) is 0.740. The number of hydrogen-bond donors (Lipinski definition) is 0. The highest BCUT2D eigenvalue weighted by atomic mass is 31.1. The Kier molecular flexibility index (Phi) is 3.49. The van der Waals surface area contributed by atoms with Crippen LogP contribution in [0, 0.1) is 0 Å². The van der Waals surface area contributed by atoms with E-state index in [1.807, 2.05) is 0 Å². The van der Waals surface area contributed by atoms with Crippen LogP contribution in [-0.4, -0.2) is 11.5 Å². The van der Waals surface area contributed by atoms with Gasteiger partial charge in [0.2, 0.25) is 8.46 Å². The quantitative estimate of drug-likeness (QED) is 0.417. The molecule has 0 N–H and O–H groups in total. The summed E-state index contributed by atoms with van der Waals surface area (Å²) in [5.74, 6) is -1.12. The Morgan fingerprint density at radius 2 is 2.00 bits per heavy atom. The lowest BCUT2D eigenvalue weighted by Gasteiger charge is -1.84. The molecule has 0 aromatic carbocycles. The molecule has 0 aromatic rings. The normalized spacial score (nSPS) is 8.62. The Morgan fingerprint density at radius 3 is 2.12 bits per heavy atom. The SMILES string of the molecule is O=PC(=O)C(=O)OP. The van der Waals surface area contributed by atoms with E-state index in [1.165, 1.54) is 0 Å². The van der Waals surface area contributed by atoms with Gasteiger partial charge in [-0.2, -0.15) is 0 Å². The number of hydrogen-bond acceptors (Lipinski definition) is 4. The standard InChI is InChI=1S/C2H2O4P2/c3-1(6-7)2(4)8-5/h7H2. The maximum Gasteiger partial charge on any atom is 0.389 e. The van der Waals surface area contributed by atoms with Crippen LogP contribution in [0.4, 0.5) is 0 Å². The average molecular weight is 152 g/mol. The van der Waals surface area contributed by atoms with Crippen molar-refractivity contribution in [2.75, 3.05) is 0 Å². The van der Waals surface area contributed by atoms with Gasteiger partial charge in [0.15, 0.2) is 0 Å². The van der Waals surface area contributed by atoms with Gasteiger partial charge in [-0.1, -0.05) is 0 Å². The molecule has 1 atom stereocenters. The molecule has 0 aliphatic rings. The molecule has 6 heteroatoms. The molecule has 4 nitrogen and oxygen atoms in total. The van der Waals surface area contributed by atoms with E-state index in [0.29, 0.717) is 0 Å². The van der Waals surface area contributed by atoms with Gasteiger partial charge in [0.05, 0.1) is 9.47 Å². The van der Waals surface area contributed by atoms with Gasteiger partial charge in [0, 0.05) is 0 Å². The van der Waals surface area contributed by atoms with Gasteiger partial charge in [-0.25, -0.2) is 4.79 Å². The Morgan fingerprint density at radius 1 is 1.50 bits per heavy atom. The van der Waals surface area contributed by atoms with Crippen molar-refractivity contribution in [3.05, 3.63) is 0 Å². The van der Waals surface area contributed by atoms with Crippen molar-refractivity contribution in [2.24, 2.45) is 0 Å². The fraction of sp³-hybridized carbons (Fsp3) is 0. The Labute approximate surface area is 49.1 Å². The van der Waals surface area contributed by atoms with Crippen LogP contribution in [0.15, 0.2) is 0 Å². The van der Waals surface area contributed by atoms with Crippen LogP contribution in [0.3, 0.4) is 0 Å². The summed E-state index contributed by atoms with van der Waals surface area (Å²) < 4.78 is 13.4. The summed E-state index contributed by atoms with van der Waals surface area (Å²) in [6.45, 7) is 0. The zero-order valence-corrected chi connectivity index (χ0v) is 5.71. The van der Waals surface area contributed by atoms with Crippen molar-refractivity contribution in [3.63, 3.8) is 0 Å². The first-order chi connectivity index (χ1) is 3.72. The monoisotopic (exact) mass is 152 g/mol. The van der Waals surface area contributed by atoms with Gasteiger partial charge in [-0.15, -0.1) is 0 Å². The molecule has 0 aliphatic carbocycles. The topological polar surface area (TPSA) is 60.4 Å². The van der Waals surface area contributed by atoms with Crippen LogP contribution in [0.2, 0.25) is 0 Å². The highest BCUT2D eigenvalue weighted by Gasteiger charge is 2.12. The van der Waals surface area contributed by atoms with E-state index >= 15 is 0 Å². The van der Waals surface area contributed by atoms with Crippen molar-refractivity contribution < 1.29 is 18.7 Å². The predicted molar refractivity (Wildman–Crippen MR) is 28.4 cm³/mol. The van der Waals surface area contributed by atoms with E-state index in [-0.39, 0.29) is 0 Å². The molecule has 0 heterocycles. The summed E-state index contributed by atoms with van der Waals surface area (Å²) in [5.41, 5.74) is -1.08. The molecule has 0 aromatic heterocycles. The van der Waals surface area contributed by atoms with Gasteiger partial charge in [-0.05, 0) is 0 Å². The molecule has 44 valence electrons. The van der Waals surface area contributed by atoms with E-state index in [0.717, 1.165) is 0 Å². The zero-order chi connectivity index (χ0) is 6.57. The van der Waals surface area contributed by atoms with Crippen LogP contribution >= 0.6 is 17.9 Å². The number of carbonyl (C=O) groups is 2. The second-order valence-electron chi connectivity index (χ2n) is 0.802. The van der Waals surface area contributed by atoms with Gasteiger partial charge in [0.25, 0.3) is 0 Å². The summed E-state index contributed by atoms with van der Waals surface area (Å²) in [6, 6.07) is 0. The molecule has 0 amide bonds. The largest absolute Gasteiger partial charge is 0.445 e. The first kappa shape index (κ1) is 7.67. The lowest BCUT2D eigenvalue weighted by molar-refractivity contribution is -0.142. The van der Waals surface area contributed by atoms with Crippen molar-refractivity contribution in [3.8, 4) is 0 Å². The predicted octanol–water partition coefficient (Wildman–Crippen LogP) is 0.138. The van der Waals surface area contributed by atoms with E-state index in [1.54, 1.807) is 9.47 Å². The van der Waals surface area contributed by atoms with E-state index < -0.39 is 20.0 Å². The van der Waals surface area contributed by atoms with Gasteiger partial charge in [-0.3, -0.25) is 9.36 Å². The number of carbonyl (C=O) groups excluding carboxylic acids is 2. The van der Waals surface area contributed by atoms with E-state index in [4.69, 9.17) is 0 Å². The third kappa shape index (κ3) is 2.10. The average Bonchev–Trinajstić information content (AvgIpc) is 1.84. The molecule has 0 aliphatic heterocycles. The first-order valence-electron chi connectivity index (χ1n) is 1.50. The zero-order valence-electron chi connectivity index (χ0n) is 3.66. The van der Waals surface area contributed by atoms with Crippen LogP contribution in [-0.2, 0) is 18.7 Å². The van der Waals surface area contributed by atoms with Gasteiger partial charge in [0.1, 0.15) is 0 Å². The molecule has 0 saturated carbocycles. The summed E-state index contributed by atoms with van der Waals surface area (Å²) in [6.07, 6.45) is 0. The van der Waals surface area contributed by atoms with Gasteiger partial charge >= 0.3 is 11.5 Å². The third-order valence-corrected chi connectivity index (χ3v) is 0.927. The minimum Gasteiger partial charge on any atom is -0.445 e. The summed E-state index contributed by atoms with van der Waals surface area (Å²) >= 11 is 0. The minimum absolute atomic E-state index is 0.839. The van der Waals surface area contributed by atoms with Crippen LogP contribution in [0.1, 0.15) is 0 Å². The molecular formula is C2H2O4P2. The maximum atomic E-state index is 9.94. The Hall–Kier alpha value is -0.330. The van der Waals surface area contributed by atoms with E-state index in [9.17, 15) is 14.2 Å². The molecule has 0 fully saturated rings. The number of rotatable bonds is 2. The van der Waals surface area contributed by atoms with Crippen LogP contribution < -0.4 is 0 Å². The van der Waals surface area contributed by atoms with Crippen LogP contribution in [0.25, 0.3) is 0 Å². The molecule has 0 bridgehead atoms. The first-order valence-corrected chi connectivity index (χ1v) is 2.79. The maximum absolute atomic E-state index is 9.94. The van der Waals surface area contributed by atoms with Crippen molar-refractivity contribution in [2.45, 2.75) is 0 Å². The molecule has 1 unspecified atom stereocenters. The third-order valence-electron chi connectivity index (χ3n) is 0.365. The molecule has 0 saturated heterocycles. The minimum atomic E-state index is -1.12. The fourth-order valence-electron chi connectivity index (χ4n) is 0.0877. The second-order valence-corrected chi connectivity index (χ2v) is 1.63.